The fraction of sp³-hybridized carbons (Fsp3) is 0.222. The Morgan fingerprint density at radius 1 is 0.970 bits per heavy atom. The molecule has 33 heavy (non-hydrogen) atoms. The Hall–Kier alpha value is -3.93. The molecule has 1 heterocycles. The van der Waals surface area contributed by atoms with Crippen LogP contribution in [0.4, 0.5) is 11.4 Å². The predicted molar refractivity (Wildman–Crippen MR) is 128 cm³/mol. The third-order valence-electron chi connectivity index (χ3n) is 5.82. The molecule has 0 saturated carbocycles. The van der Waals surface area contributed by atoms with E-state index in [9.17, 15) is 14.4 Å². The number of carbonyl (C=O) groups is 3. The van der Waals surface area contributed by atoms with Gasteiger partial charge in [0, 0.05) is 36.0 Å². The van der Waals surface area contributed by atoms with E-state index in [-0.39, 0.29) is 18.1 Å². The van der Waals surface area contributed by atoms with Crippen molar-refractivity contribution < 1.29 is 19.1 Å². The van der Waals surface area contributed by atoms with Crippen molar-refractivity contribution in [3.63, 3.8) is 0 Å². The number of anilines is 2. The van der Waals surface area contributed by atoms with E-state index in [4.69, 9.17) is 4.74 Å². The van der Waals surface area contributed by atoms with Crippen LogP contribution in [0, 0.1) is 5.92 Å². The summed E-state index contributed by atoms with van der Waals surface area (Å²) in [5.74, 6) is -1.71. The number of amides is 2. The normalized spacial score (nSPS) is 13.5. The van der Waals surface area contributed by atoms with Crippen LogP contribution in [0.1, 0.15) is 28.8 Å². The zero-order valence-corrected chi connectivity index (χ0v) is 18.5. The first kappa shape index (κ1) is 22.3. The zero-order chi connectivity index (χ0) is 23.2. The monoisotopic (exact) mass is 442 g/mol. The fourth-order valence-electron chi connectivity index (χ4n) is 4.12. The number of benzene rings is 3. The highest BCUT2D eigenvalue weighted by atomic mass is 16.5. The fourth-order valence-corrected chi connectivity index (χ4v) is 4.12. The lowest BCUT2D eigenvalue weighted by molar-refractivity contribution is -0.124. The van der Waals surface area contributed by atoms with Gasteiger partial charge in [0.05, 0.1) is 7.11 Å². The molecular weight excluding hydrogens is 416 g/mol. The van der Waals surface area contributed by atoms with Gasteiger partial charge in [-0.2, -0.15) is 0 Å². The number of fused-ring (bicyclic) bond motifs is 1. The third kappa shape index (κ3) is 5.12. The lowest BCUT2D eigenvalue weighted by Crippen LogP contribution is -2.40. The summed E-state index contributed by atoms with van der Waals surface area (Å²) in [5.41, 5.74) is 2.85. The van der Waals surface area contributed by atoms with Crippen LogP contribution in [0.15, 0.2) is 78.9 Å². The number of methoxy groups -OCH3 is 1. The summed E-state index contributed by atoms with van der Waals surface area (Å²) in [6, 6.07) is 23.3. The molecule has 0 aromatic heterocycles. The van der Waals surface area contributed by atoms with E-state index >= 15 is 0 Å². The molecule has 0 spiro atoms. The molecule has 2 amide bonds. The maximum Gasteiger partial charge on any atom is 0.235 e. The Labute approximate surface area is 193 Å². The standard InChI is InChI=1S/C27H26N2O4/c1-33-22-14-7-13-21(17-22)28-27(32)23(26(31)20-10-3-2-4-11-20)18-25(30)29-16-8-12-19-9-5-6-15-24(19)29/h2-7,9-11,13-15,17,23H,8,12,16,18H2,1H3,(H,28,32)/t23-/m0/s1. The first-order chi connectivity index (χ1) is 16.1. The van der Waals surface area contributed by atoms with Gasteiger partial charge in [0.2, 0.25) is 11.8 Å². The molecule has 6 nitrogen and oxygen atoms in total. The molecule has 1 aliphatic heterocycles. The first-order valence-corrected chi connectivity index (χ1v) is 11.0. The van der Waals surface area contributed by atoms with Crippen LogP contribution in [0.25, 0.3) is 0 Å². The summed E-state index contributed by atoms with van der Waals surface area (Å²) in [7, 11) is 1.54. The molecule has 0 radical (unpaired) electrons. The maximum atomic E-state index is 13.3. The number of nitrogens with one attached hydrogen (secondary N) is 1. The lowest BCUT2D eigenvalue weighted by Gasteiger charge is -2.30. The van der Waals surface area contributed by atoms with Crippen LogP contribution in [-0.4, -0.2) is 31.3 Å². The van der Waals surface area contributed by atoms with Gasteiger partial charge in [-0.25, -0.2) is 0 Å². The highest BCUT2D eigenvalue weighted by Gasteiger charge is 2.33. The second-order valence-corrected chi connectivity index (χ2v) is 7.99. The Bertz CT molecular complexity index is 1160. The molecule has 1 aliphatic rings. The first-order valence-electron chi connectivity index (χ1n) is 11.0. The van der Waals surface area contributed by atoms with Crippen molar-refractivity contribution in [2.24, 2.45) is 5.92 Å². The van der Waals surface area contributed by atoms with E-state index < -0.39 is 11.8 Å². The Balaban J connectivity index is 1.59. The third-order valence-corrected chi connectivity index (χ3v) is 5.82. The molecule has 6 heteroatoms. The SMILES string of the molecule is COc1cccc(NC(=O)[C@@H](CC(=O)N2CCCc3ccccc32)C(=O)c2ccccc2)c1. The summed E-state index contributed by atoms with van der Waals surface area (Å²) in [6.45, 7) is 0.569. The van der Waals surface area contributed by atoms with E-state index in [0.717, 1.165) is 24.1 Å². The average Bonchev–Trinajstić information content (AvgIpc) is 2.87. The van der Waals surface area contributed by atoms with E-state index in [0.29, 0.717) is 23.5 Å². The smallest absolute Gasteiger partial charge is 0.235 e. The van der Waals surface area contributed by atoms with Crippen molar-refractivity contribution in [1.82, 2.24) is 0 Å². The molecule has 168 valence electrons. The quantitative estimate of drug-likeness (QED) is 0.432. The highest BCUT2D eigenvalue weighted by molar-refractivity contribution is 6.16. The minimum Gasteiger partial charge on any atom is -0.497 e. The number of Topliss-reactive ketones (excluding diaryl/α,β-unsaturated/α-hetero) is 1. The molecule has 1 atom stereocenters. The van der Waals surface area contributed by atoms with Crippen LogP contribution in [0.3, 0.4) is 0 Å². The number of nitrogens with zero attached hydrogens (tertiary/aromatic N) is 1. The van der Waals surface area contributed by atoms with Crippen molar-refractivity contribution in [2.75, 3.05) is 23.9 Å². The van der Waals surface area contributed by atoms with Gasteiger partial charge in [-0.1, -0.05) is 54.6 Å². The molecule has 0 saturated heterocycles. The number of aryl methyl sites for hydroxylation is 1. The van der Waals surface area contributed by atoms with E-state index in [1.165, 1.54) is 7.11 Å². The molecular formula is C27H26N2O4. The van der Waals surface area contributed by atoms with Gasteiger partial charge >= 0.3 is 0 Å². The van der Waals surface area contributed by atoms with Crippen molar-refractivity contribution in [2.45, 2.75) is 19.3 Å². The maximum absolute atomic E-state index is 13.3. The van der Waals surface area contributed by atoms with E-state index in [1.54, 1.807) is 59.5 Å². The molecule has 0 bridgehead atoms. The molecule has 1 N–H and O–H groups in total. The Morgan fingerprint density at radius 2 is 1.73 bits per heavy atom. The number of rotatable bonds is 7. The second kappa shape index (κ2) is 10.1. The number of hydrogen-bond acceptors (Lipinski definition) is 4. The van der Waals surface area contributed by atoms with Gasteiger partial charge in [-0.3, -0.25) is 14.4 Å². The van der Waals surface area contributed by atoms with Crippen LogP contribution in [0.2, 0.25) is 0 Å². The minimum absolute atomic E-state index is 0.210. The summed E-state index contributed by atoms with van der Waals surface area (Å²) in [5, 5.41) is 2.78. The summed E-state index contributed by atoms with van der Waals surface area (Å²) < 4.78 is 5.21. The molecule has 0 unspecified atom stereocenters. The molecule has 3 aromatic rings. The van der Waals surface area contributed by atoms with Gasteiger partial charge in [0.25, 0.3) is 0 Å². The minimum atomic E-state index is -1.15. The summed E-state index contributed by atoms with van der Waals surface area (Å²) >= 11 is 0. The molecule has 3 aromatic carbocycles. The van der Waals surface area contributed by atoms with Crippen molar-refractivity contribution in [1.29, 1.82) is 0 Å². The van der Waals surface area contributed by atoms with Crippen LogP contribution < -0.4 is 15.0 Å². The lowest BCUT2D eigenvalue weighted by atomic mass is 9.92. The van der Waals surface area contributed by atoms with Crippen molar-refractivity contribution in [3.8, 4) is 5.75 Å². The largest absolute Gasteiger partial charge is 0.497 e. The summed E-state index contributed by atoms with van der Waals surface area (Å²) in [4.78, 5) is 41.6. The highest BCUT2D eigenvalue weighted by Crippen LogP contribution is 2.29. The topological polar surface area (TPSA) is 75.7 Å². The Morgan fingerprint density at radius 3 is 2.52 bits per heavy atom. The summed E-state index contributed by atoms with van der Waals surface area (Å²) in [6.07, 6.45) is 1.54. The van der Waals surface area contributed by atoms with Crippen LogP contribution >= 0.6 is 0 Å². The molecule has 0 fully saturated rings. The molecule has 4 rings (SSSR count). The van der Waals surface area contributed by atoms with Crippen LogP contribution in [-0.2, 0) is 16.0 Å². The predicted octanol–water partition coefficient (Wildman–Crippen LogP) is 4.50. The van der Waals surface area contributed by atoms with Gasteiger partial charge in [-0.15, -0.1) is 0 Å². The second-order valence-electron chi connectivity index (χ2n) is 7.99. The van der Waals surface area contributed by atoms with Gasteiger partial charge < -0.3 is 15.0 Å². The van der Waals surface area contributed by atoms with Crippen LogP contribution in [0.5, 0.6) is 5.75 Å². The number of hydrogen-bond donors (Lipinski definition) is 1. The Kier molecular flexibility index (Phi) is 6.83. The van der Waals surface area contributed by atoms with Gasteiger partial charge in [0.15, 0.2) is 5.78 Å². The molecule has 0 aliphatic carbocycles. The number of ether oxygens (including phenoxy) is 1. The number of carbonyl (C=O) groups excluding carboxylic acids is 3. The van der Waals surface area contributed by atoms with E-state index in [2.05, 4.69) is 5.32 Å². The van der Waals surface area contributed by atoms with Crippen molar-refractivity contribution in [3.05, 3.63) is 90.0 Å². The van der Waals surface area contributed by atoms with E-state index in [1.807, 2.05) is 24.3 Å². The number of para-hydroxylation sites is 1. The number of ketones is 1. The van der Waals surface area contributed by atoms with Gasteiger partial charge in [0.1, 0.15) is 11.7 Å². The van der Waals surface area contributed by atoms with Crippen molar-refractivity contribution >= 4 is 29.0 Å². The zero-order valence-electron chi connectivity index (χ0n) is 18.5. The average molecular weight is 443 g/mol. The van der Waals surface area contributed by atoms with Gasteiger partial charge in [-0.05, 0) is 36.6 Å².